The van der Waals surface area contributed by atoms with Crippen LogP contribution in [0.15, 0.2) is 29.3 Å². The molecular weight excluding hydrogens is 202 g/mol. The number of carbonyl (C=O) groups excluding carboxylic acids is 1. The molecule has 0 spiro atoms. The average molecular weight is 219 g/mol. The fourth-order valence-electron chi connectivity index (χ4n) is 1.50. The molecule has 4 heteroatoms. The molecule has 0 heterocycles. The third kappa shape index (κ3) is 2.82. The van der Waals surface area contributed by atoms with Crippen LogP contribution in [-0.2, 0) is 4.79 Å². The summed E-state index contributed by atoms with van der Waals surface area (Å²) >= 11 is 0. The van der Waals surface area contributed by atoms with Crippen LogP contribution in [-0.4, -0.2) is 18.9 Å². The van der Waals surface area contributed by atoms with Crippen LogP contribution in [0.4, 0.5) is 0 Å². The van der Waals surface area contributed by atoms with Crippen molar-refractivity contribution in [3.8, 4) is 0 Å². The zero-order valence-electron chi connectivity index (χ0n) is 9.82. The molecule has 0 bridgehead atoms. The highest BCUT2D eigenvalue weighted by molar-refractivity contribution is 5.99. The zero-order valence-corrected chi connectivity index (χ0v) is 9.82. The van der Waals surface area contributed by atoms with Crippen LogP contribution < -0.4 is 11.1 Å². The topological polar surface area (TPSA) is 67.5 Å². The summed E-state index contributed by atoms with van der Waals surface area (Å²) in [7, 11) is 1.54. The van der Waals surface area contributed by atoms with E-state index in [1.165, 1.54) is 7.05 Å². The number of nitrogens with two attached hydrogens (primary N) is 1. The Morgan fingerprint density at radius 3 is 2.62 bits per heavy atom. The molecular formula is C12H17N3O. The van der Waals surface area contributed by atoms with Gasteiger partial charge in [-0.15, -0.1) is 0 Å². The van der Waals surface area contributed by atoms with Crippen molar-refractivity contribution in [1.29, 1.82) is 0 Å². The number of carbonyl (C=O) groups is 1. The standard InChI is InChI=1S/C12H17N3O/c1-8-6-4-5-7-10(8)9(2)11(16)15-12(13)14-3/h4-7,9H,1-3H3,(H3,13,14,15,16). The van der Waals surface area contributed by atoms with Crippen LogP contribution >= 0.6 is 0 Å². The molecule has 1 aromatic rings. The van der Waals surface area contributed by atoms with Gasteiger partial charge in [0.25, 0.3) is 0 Å². The quantitative estimate of drug-likeness (QED) is 0.579. The maximum absolute atomic E-state index is 11.8. The van der Waals surface area contributed by atoms with Crippen LogP contribution in [0.2, 0.25) is 0 Å². The van der Waals surface area contributed by atoms with Gasteiger partial charge in [0.1, 0.15) is 0 Å². The molecule has 0 radical (unpaired) electrons. The molecule has 0 saturated carbocycles. The second-order valence-corrected chi connectivity index (χ2v) is 3.68. The molecule has 1 atom stereocenters. The SMILES string of the molecule is CN=C(N)NC(=O)C(C)c1ccccc1C. The van der Waals surface area contributed by atoms with E-state index in [0.29, 0.717) is 0 Å². The Balaban J connectivity index is 2.83. The van der Waals surface area contributed by atoms with Crippen molar-refractivity contribution >= 4 is 11.9 Å². The van der Waals surface area contributed by atoms with Gasteiger partial charge in [0.15, 0.2) is 5.96 Å². The van der Waals surface area contributed by atoms with Crippen molar-refractivity contribution in [2.75, 3.05) is 7.05 Å². The molecule has 86 valence electrons. The van der Waals surface area contributed by atoms with E-state index in [-0.39, 0.29) is 17.8 Å². The maximum Gasteiger partial charge on any atom is 0.233 e. The van der Waals surface area contributed by atoms with Crippen LogP contribution in [0.5, 0.6) is 0 Å². The van der Waals surface area contributed by atoms with Gasteiger partial charge in [-0.1, -0.05) is 24.3 Å². The summed E-state index contributed by atoms with van der Waals surface area (Å²) in [5.41, 5.74) is 7.54. The molecule has 0 aromatic heterocycles. The Labute approximate surface area is 95.6 Å². The van der Waals surface area contributed by atoms with Crippen molar-refractivity contribution in [1.82, 2.24) is 5.32 Å². The van der Waals surface area contributed by atoms with Crippen molar-refractivity contribution in [2.24, 2.45) is 10.7 Å². The molecule has 0 aliphatic carbocycles. The molecule has 1 unspecified atom stereocenters. The lowest BCUT2D eigenvalue weighted by molar-refractivity contribution is -0.120. The van der Waals surface area contributed by atoms with Gasteiger partial charge in [0.2, 0.25) is 5.91 Å². The fourth-order valence-corrected chi connectivity index (χ4v) is 1.50. The molecule has 1 rings (SSSR count). The first-order chi connectivity index (χ1) is 7.56. The first-order valence-electron chi connectivity index (χ1n) is 5.15. The minimum Gasteiger partial charge on any atom is -0.370 e. The summed E-state index contributed by atoms with van der Waals surface area (Å²) in [4.78, 5) is 15.5. The first-order valence-corrected chi connectivity index (χ1v) is 5.15. The van der Waals surface area contributed by atoms with E-state index in [1.807, 2.05) is 38.1 Å². The molecule has 0 aliphatic heterocycles. The van der Waals surface area contributed by atoms with Gasteiger partial charge in [-0.3, -0.25) is 15.1 Å². The number of nitrogens with one attached hydrogen (secondary N) is 1. The van der Waals surface area contributed by atoms with E-state index in [2.05, 4.69) is 10.3 Å². The van der Waals surface area contributed by atoms with Crippen LogP contribution in [0, 0.1) is 6.92 Å². The Morgan fingerprint density at radius 2 is 2.06 bits per heavy atom. The van der Waals surface area contributed by atoms with E-state index in [9.17, 15) is 4.79 Å². The minimum atomic E-state index is -0.235. The second kappa shape index (κ2) is 5.30. The smallest absolute Gasteiger partial charge is 0.233 e. The monoisotopic (exact) mass is 219 g/mol. The van der Waals surface area contributed by atoms with E-state index >= 15 is 0 Å². The van der Waals surface area contributed by atoms with Gasteiger partial charge in [-0.05, 0) is 25.0 Å². The number of aliphatic imine (C=N–C) groups is 1. The van der Waals surface area contributed by atoms with Gasteiger partial charge in [-0.25, -0.2) is 0 Å². The fraction of sp³-hybridized carbons (Fsp3) is 0.333. The summed E-state index contributed by atoms with van der Waals surface area (Å²) in [6, 6.07) is 7.80. The van der Waals surface area contributed by atoms with E-state index in [0.717, 1.165) is 11.1 Å². The van der Waals surface area contributed by atoms with E-state index in [1.54, 1.807) is 0 Å². The van der Waals surface area contributed by atoms with Gasteiger partial charge >= 0.3 is 0 Å². The van der Waals surface area contributed by atoms with E-state index < -0.39 is 0 Å². The lowest BCUT2D eigenvalue weighted by Gasteiger charge is -2.14. The number of aryl methyl sites for hydroxylation is 1. The lowest BCUT2D eigenvalue weighted by Crippen LogP contribution is -2.39. The maximum atomic E-state index is 11.8. The third-order valence-electron chi connectivity index (χ3n) is 2.54. The lowest BCUT2D eigenvalue weighted by atomic mass is 9.96. The number of benzene rings is 1. The highest BCUT2D eigenvalue weighted by atomic mass is 16.2. The minimum absolute atomic E-state index is 0.141. The normalized spacial score (nSPS) is 13.3. The average Bonchev–Trinajstić information content (AvgIpc) is 2.28. The molecule has 4 nitrogen and oxygen atoms in total. The van der Waals surface area contributed by atoms with Crippen molar-refractivity contribution in [3.05, 3.63) is 35.4 Å². The highest BCUT2D eigenvalue weighted by Gasteiger charge is 2.16. The zero-order chi connectivity index (χ0) is 12.1. The van der Waals surface area contributed by atoms with Crippen LogP contribution in [0.1, 0.15) is 24.0 Å². The number of rotatable bonds is 2. The number of nitrogens with zero attached hydrogens (tertiary/aromatic N) is 1. The summed E-state index contributed by atoms with van der Waals surface area (Å²) in [5, 5.41) is 2.54. The predicted octanol–water partition coefficient (Wildman–Crippen LogP) is 1.16. The second-order valence-electron chi connectivity index (χ2n) is 3.68. The molecule has 0 fully saturated rings. The summed E-state index contributed by atoms with van der Waals surface area (Å²) in [6.45, 7) is 3.83. The van der Waals surface area contributed by atoms with Crippen LogP contribution in [0.3, 0.4) is 0 Å². The van der Waals surface area contributed by atoms with Gasteiger partial charge in [0, 0.05) is 7.05 Å². The molecule has 16 heavy (non-hydrogen) atoms. The van der Waals surface area contributed by atoms with Gasteiger partial charge < -0.3 is 5.73 Å². The van der Waals surface area contributed by atoms with Crippen LogP contribution in [0.25, 0.3) is 0 Å². The Morgan fingerprint density at radius 1 is 1.44 bits per heavy atom. The van der Waals surface area contributed by atoms with Gasteiger partial charge in [0.05, 0.1) is 5.92 Å². The molecule has 1 amide bonds. The molecule has 1 aromatic carbocycles. The van der Waals surface area contributed by atoms with Crippen molar-refractivity contribution in [3.63, 3.8) is 0 Å². The van der Waals surface area contributed by atoms with E-state index in [4.69, 9.17) is 5.73 Å². The predicted molar refractivity (Wildman–Crippen MR) is 65.3 cm³/mol. The number of amides is 1. The summed E-state index contributed by atoms with van der Waals surface area (Å²) in [6.07, 6.45) is 0. The molecule has 3 N–H and O–H groups in total. The number of guanidine groups is 1. The van der Waals surface area contributed by atoms with Crippen molar-refractivity contribution in [2.45, 2.75) is 19.8 Å². The van der Waals surface area contributed by atoms with Crippen molar-refractivity contribution < 1.29 is 4.79 Å². The molecule has 0 aliphatic rings. The Hall–Kier alpha value is -1.84. The summed E-state index contributed by atoms with van der Waals surface area (Å²) < 4.78 is 0. The Kier molecular flexibility index (Phi) is 4.05. The highest BCUT2D eigenvalue weighted by Crippen LogP contribution is 2.18. The number of hydrogen-bond acceptors (Lipinski definition) is 2. The molecule has 0 saturated heterocycles. The van der Waals surface area contributed by atoms with Gasteiger partial charge in [-0.2, -0.15) is 0 Å². The third-order valence-corrected chi connectivity index (χ3v) is 2.54. The Bertz CT molecular complexity index is 412. The first kappa shape index (κ1) is 12.2. The summed E-state index contributed by atoms with van der Waals surface area (Å²) in [5.74, 6) is -0.232. The largest absolute Gasteiger partial charge is 0.370 e. The number of hydrogen-bond donors (Lipinski definition) is 2.